The Morgan fingerprint density at radius 3 is 2.71 bits per heavy atom. The standard InChI is InChI=1S/C11H8N2O4/c1-6(14)7-5-8-9(12-11(7)15)3-2-4-10(8)13(16)17/h2-5H,1H3,(H,12,15). The minimum atomic E-state index is -0.551. The molecule has 0 spiro atoms. The van der Waals surface area contributed by atoms with E-state index in [1.54, 1.807) is 6.07 Å². The first-order chi connectivity index (χ1) is 8.00. The SMILES string of the molecule is CC(=O)c1cc2c([N+](=O)[O-])cccc2[nH]c1=O. The monoisotopic (exact) mass is 232 g/mol. The lowest BCUT2D eigenvalue weighted by molar-refractivity contribution is -0.383. The summed E-state index contributed by atoms with van der Waals surface area (Å²) in [6.07, 6.45) is 0. The van der Waals surface area contributed by atoms with Crippen LogP contribution >= 0.6 is 0 Å². The number of nitrogens with zero attached hydrogens (tertiary/aromatic N) is 1. The maximum absolute atomic E-state index is 11.5. The van der Waals surface area contributed by atoms with E-state index in [2.05, 4.69) is 4.98 Å². The van der Waals surface area contributed by atoms with Crippen LogP contribution in [0, 0.1) is 10.1 Å². The van der Waals surface area contributed by atoms with Crippen LogP contribution in [0.4, 0.5) is 5.69 Å². The molecule has 6 nitrogen and oxygen atoms in total. The molecule has 0 fully saturated rings. The summed E-state index contributed by atoms with van der Waals surface area (Å²) in [7, 11) is 0. The van der Waals surface area contributed by atoms with Crippen LogP contribution in [0.3, 0.4) is 0 Å². The van der Waals surface area contributed by atoms with E-state index in [9.17, 15) is 19.7 Å². The lowest BCUT2D eigenvalue weighted by Gasteiger charge is -2.01. The molecule has 0 radical (unpaired) electrons. The summed E-state index contributed by atoms with van der Waals surface area (Å²) in [5.74, 6) is -0.425. The van der Waals surface area contributed by atoms with Crippen LogP contribution in [0.1, 0.15) is 17.3 Å². The zero-order chi connectivity index (χ0) is 12.6. The number of nitro groups is 1. The number of fused-ring (bicyclic) bond motifs is 1. The van der Waals surface area contributed by atoms with Gasteiger partial charge in [-0.2, -0.15) is 0 Å². The van der Waals surface area contributed by atoms with E-state index in [0.29, 0.717) is 5.52 Å². The minimum Gasteiger partial charge on any atom is -0.321 e. The molecule has 1 N–H and O–H groups in total. The molecule has 0 atom stereocenters. The van der Waals surface area contributed by atoms with E-state index in [1.165, 1.54) is 25.1 Å². The van der Waals surface area contributed by atoms with Gasteiger partial charge in [0.2, 0.25) is 0 Å². The van der Waals surface area contributed by atoms with E-state index in [4.69, 9.17) is 0 Å². The van der Waals surface area contributed by atoms with Crippen molar-refractivity contribution in [2.45, 2.75) is 6.92 Å². The van der Waals surface area contributed by atoms with Gasteiger partial charge >= 0.3 is 0 Å². The summed E-state index contributed by atoms with van der Waals surface area (Å²) in [6, 6.07) is 5.61. The zero-order valence-corrected chi connectivity index (χ0v) is 8.89. The lowest BCUT2D eigenvalue weighted by Crippen LogP contribution is -2.15. The highest BCUT2D eigenvalue weighted by atomic mass is 16.6. The van der Waals surface area contributed by atoms with Crippen LogP contribution in [0.5, 0.6) is 0 Å². The number of Topliss-reactive ketones (excluding diaryl/α,β-unsaturated/α-hetero) is 1. The Hall–Kier alpha value is -2.50. The molecule has 0 aliphatic heterocycles. The summed E-state index contributed by atoms with van der Waals surface area (Å²) in [6.45, 7) is 1.24. The molecule has 2 rings (SSSR count). The van der Waals surface area contributed by atoms with Crippen LogP contribution in [0.2, 0.25) is 0 Å². The van der Waals surface area contributed by atoms with Crippen LogP contribution in [-0.4, -0.2) is 15.7 Å². The first kappa shape index (κ1) is 11.0. The number of benzene rings is 1. The molecule has 0 saturated heterocycles. The molecule has 0 saturated carbocycles. The molecule has 1 aromatic carbocycles. The molecule has 86 valence electrons. The lowest BCUT2D eigenvalue weighted by atomic mass is 10.1. The normalized spacial score (nSPS) is 10.4. The van der Waals surface area contributed by atoms with E-state index in [1.807, 2.05) is 0 Å². The number of carbonyl (C=O) groups is 1. The van der Waals surface area contributed by atoms with Gasteiger partial charge in [-0.15, -0.1) is 0 Å². The number of H-pyrrole nitrogens is 1. The molecular formula is C11H8N2O4. The third-order valence-corrected chi connectivity index (χ3v) is 2.44. The zero-order valence-electron chi connectivity index (χ0n) is 8.89. The second-order valence-electron chi connectivity index (χ2n) is 3.56. The van der Waals surface area contributed by atoms with Gasteiger partial charge in [-0.1, -0.05) is 6.07 Å². The fourth-order valence-electron chi connectivity index (χ4n) is 1.63. The van der Waals surface area contributed by atoms with E-state index in [0.717, 1.165) is 0 Å². The average Bonchev–Trinajstić information content (AvgIpc) is 2.26. The van der Waals surface area contributed by atoms with Crippen molar-refractivity contribution in [3.63, 3.8) is 0 Å². The summed E-state index contributed by atoms with van der Waals surface area (Å²) >= 11 is 0. The highest BCUT2D eigenvalue weighted by molar-refractivity contribution is 5.99. The summed E-state index contributed by atoms with van der Waals surface area (Å²) < 4.78 is 0. The number of aromatic amines is 1. The Balaban J connectivity index is 2.90. The molecule has 0 unspecified atom stereocenters. The number of nitrogens with one attached hydrogen (secondary N) is 1. The quantitative estimate of drug-likeness (QED) is 0.483. The fourth-order valence-corrected chi connectivity index (χ4v) is 1.63. The smallest absolute Gasteiger partial charge is 0.278 e. The highest BCUT2D eigenvalue weighted by Crippen LogP contribution is 2.23. The molecule has 6 heteroatoms. The van der Waals surface area contributed by atoms with Crippen molar-refractivity contribution in [3.05, 3.63) is 50.3 Å². The Morgan fingerprint density at radius 1 is 1.41 bits per heavy atom. The summed E-state index contributed by atoms with van der Waals surface area (Å²) in [5, 5.41) is 11.1. The Bertz CT molecular complexity index is 687. The molecule has 0 bridgehead atoms. The van der Waals surface area contributed by atoms with Gasteiger partial charge in [0.15, 0.2) is 5.78 Å². The minimum absolute atomic E-state index is 0.0770. The van der Waals surface area contributed by atoms with Crippen LogP contribution < -0.4 is 5.56 Å². The topological polar surface area (TPSA) is 93.1 Å². The highest BCUT2D eigenvalue weighted by Gasteiger charge is 2.15. The molecular weight excluding hydrogens is 224 g/mol. The summed E-state index contributed by atoms with van der Waals surface area (Å²) in [4.78, 5) is 35.4. The molecule has 17 heavy (non-hydrogen) atoms. The number of aromatic nitrogens is 1. The molecule has 1 aromatic heterocycles. The second kappa shape index (κ2) is 3.82. The van der Waals surface area contributed by atoms with Gasteiger partial charge < -0.3 is 4.98 Å². The van der Waals surface area contributed by atoms with E-state index >= 15 is 0 Å². The Labute approximate surface area is 95.0 Å². The van der Waals surface area contributed by atoms with Gasteiger partial charge in [0.05, 0.1) is 21.4 Å². The number of pyridine rings is 1. The number of ketones is 1. The Kier molecular flexibility index (Phi) is 2.47. The molecule has 0 aliphatic carbocycles. The van der Waals surface area contributed by atoms with Crippen molar-refractivity contribution >= 4 is 22.4 Å². The molecule has 0 aliphatic rings. The van der Waals surface area contributed by atoms with E-state index < -0.39 is 16.3 Å². The van der Waals surface area contributed by atoms with Gasteiger partial charge in [-0.05, 0) is 19.1 Å². The third kappa shape index (κ3) is 1.80. The van der Waals surface area contributed by atoms with Crippen molar-refractivity contribution in [2.24, 2.45) is 0 Å². The van der Waals surface area contributed by atoms with Crippen molar-refractivity contribution in [1.82, 2.24) is 4.98 Å². The van der Waals surface area contributed by atoms with Gasteiger partial charge in [0.1, 0.15) is 0 Å². The molecule has 1 heterocycles. The molecule has 2 aromatic rings. The average molecular weight is 232 g/mol. The number of nitro benzene ring substituents is 1. The predicted molar refractivity (Wildman–Crippen MR) is 61.2 cm³/mol. The van der Waals surface area contributed by atoms with Crippen molar-refractivity contribution in [3.8, 4) is 0 Å². The number of carbonyl (C=O) groups excluding carboxylic acids is 1. The number of hydrogen-bond donors (Lipinski definition) is 1. The van der Waals surface area contributed by atoms with Gasteiger partial charge in [0, 0.05) is 6.07 Å². The van der Waals surface area contributed by atoms with Crippen molar-refractivity contribution in [2.75, 3.05) is 0 Å². The first-order valence-electron chi connectivity index (χ1n) is 4.82. The third-order valence-electron chi connectivity index (χ3n) is 2.44. The largest absolute Gasteiger partial charge is 0.321 e. The number of rotatable bonds is 2. The Morgan fingerprint density at radius 2 is 2.12 bits per heavy atom. The number of hydrogen-bond acceptors (Lipinski definition) is 4. The van der Waals surface area contributed by atoms with Gasteiger partial charge in [0.25, 0.3) is 11.2 Å². The maximum Gasteiger partial charge on any atom is 0.278 e. The second-order valence-corrected chi connectivity index (χ2v) is 3.56. The van der Waals surface area contributed by atoms with Crippen LogP contribution in [0.25, 0.3) is 10.9 Å². The fraction of sp³-hybridized carbons (Fsp3) is 0.0909. The van der Waals surface area contributed by atoms with Crippen molar-refractivity contribution < 1.29 is 9.72 Å². The number of non-ortho nitro benzene ring substituents is 1. The van der Waals surface area contributed by atoms with Crippen LogP contribution in [-0.2, 0) is 0 Å². The van der Waals surface area contributed by atoms with Crippen molar-refractivity contribution in [1.29, 1.82) is 0 Å². The van der Waals surface area contributed by atoms with Gasteiger partial charge in [-0.3, -0.25) is 19.7 Å². The van der Waals surface area contributed by atoms with Gasteiger partial charge in [-0.25, -0.2) is 0 Å². The molecule has 0 amide bonds. The maximum atomic E-state index is 11.5. The van der Waals surface area contributed by atoms with Crippen LogP contribution in [0.15, 0.2) is 29.1 Å². The first-order valence-corrected chi connectivity index (χ1v) is 4.82. The van der Waals surface area contributed by atoms with E-state index in [-0.39, 0.29) is 16.6 Å². The predicted octanol–water partition coefficient (Wildman–Crippen LogP) is 1.64. The summed E-state index contributed by atoms with van der Waals surface area (Å²) in [5.41, 5.74) is -0.409.